The van der Waals surface area contributed by atoms with Crippen molar-refractivity contribution in [1.29, 1.82) is 0 Å². The van der Waals surface area contributed by atoms with Gasteiger partial charge in [0.2, 0.25) is 0 Å². The second-order valence-electron chi connectivity index (χ2n) is 4.68. The zero-order valence-corrected chi connectivity index (χ0v) is 12.2. The lowest BCUT2D eigenvalue weighted by atomic mass is 10.2. The molecule has 0 unspecified atom stereocenters. The summed E-state index contributed by atoms with van der Waals surface area (Å²) in [4.78, 5) is 13.0. The van der Waals surface area contributed by atoms with E-state index in [0.29, 0.717) is 6.54 Å². The minimum absolute atomic E-state index is 0.0729. The van der Waals surface area contributed by atoms with E-state index < -0.39 is 6.03 Å². The molecule has 8 nitrogen and oxygen atoms in total. The molecule has 0 bridgehead atoms. The van der Waals surface area contributed by atoms with Gasteiger partial charge in [0.25, 0.3) is 5.95 Å². The molecule has 2 aromatic rings. The number of ether oxygens (including phenoxy) is 1. The molecule has 2 N–H and O–H groups in total. The lowest BCUT2D eigenvalue weighted by molar-refractivity contribution is 0.238. The van der Waals surface area contributed by atoms with Crippen molar-refractivity contribution in [2.75, 3.05) is 5.32 Å². The van der Waals surface area contributed by atoms with Crippen molar-refractivity contribution in [2.45, 2.75) is 26.5 Å². The summed E-state index contributed by atoms with van der Waals surface area (Å²) < 4.78 is 5.69. The number of para-hydroxylation sites is 1. The monoisotopic (exact) mass is 290 g/mol. The van der Waals surface area contributed by atoms with Crippen LogP contribution in [0.1, 0.15) is 19.4 Å². The van der Waals surface area contributed by atoms with Gasteiger partial charge in [-0.2, -0.15) is 4.80 Å². The quantitative estimate of drug-likeness (QED) is 0.866. The highest BCUT2D eigenvalue weighted by atomic mass is 16.5. The summed E-state index contributed by atoms with van der Waals surface area (Å²) >= 11 is 0. The van der Waals surface area contributed by atoms with Crippen LogP contribution in [0.15, 0.2) is 24.3 Å². The van der Waals surface area contributed by atoms with E-state index in [4.69, 9.17) is 4.74 Å². The zero-order chi connectivity index (χ0) is 15.2. The first kappa shape index (κ1) is 14.8. The van der Waals surface area contributed by atoms with Crippen molar-refractivity contribution in [3.05, 3.63) is 29.8 Å². The lowest BCUT2D eigenvalue weighted by Crippen LogP contribution is -2.29. The van der Waals surface area contributed by atoms with Crippen molar-refractivity contribution in [3.8, 4) is 5.75 Å². The van der Waals surface area contributed by atoms with Gasteiger partial charge in [-0.3, -0.25) is 5.32 Å². The average Bonchev–Trinajstić information content (AvgIpc) is 2.82. The number of anilines is 1. The van der Waals surface area contributed by atoms with Gasteiger partial charge in [0.1, 0.15) is 5.75 Å². The first-order valence-corrected chi connectivity index (χ1v) is 6.58. The number of aromatic nitrogens is 4. The number of benzene rings is 1. The Kier molecular flexibility index (Phi) is 4.70. The van der Waals surface area contributed by atoms with E-state index in [1.807, 2.05) is 38.1 Å². The third-order valence-electron chi connectivity index (χ3n) is 2.51. The van der Waals surface area contributed by atoms with E-state index in [0.717, 1.165) is 11.3 Å². The van der Waals surface area contributed by atoms with Gasteiger partial charge in [-0.05, 0) is 25.1 Å². The van der Waals surface area contributed by atoms with Crippen LogP contribution in [0.5, 0.6) is 5.75 Å². The van der Waals surface area contributed by atoms with Crippen LogP contribution >= 0.6 is 0 Å². The maximum absolute atomic E-state index is 11.7. The Hall–Kier alpha value is -2.64. The fourth-order valence-electron chi connectivity index (χ4n) is 1.67. The Morgan fingerprint density at radius 2 is 2.14 bits per heavy atom. The van der Waals surface area contributed by atoms with Gasteiger partial charge < -0.3 is 10.1 Å². The van der Waals surface area contributed by atoms with Gasteiger partial charge in [-0.15, -0.1) is 5.10 Å². The molecule has 21 heavy (non-hydrogen) atoms. The Balaban J connectivity index is 1.92. The highest BCUT2D eigenvalue weighted by Crippen LogP contribution is 2.19. The maximum atomic E-state index is 11.7. The molecule has 0 aliphatic carbocycles. The van der Waals surface area contributed by atoms with Gasteiger partial charge >= 0.3 is 6.03 Å². The van der Waals surface area contributed by atoms with E-state index in [9.17, 15) is 4.79 Å². The van der Waals surface area contributed by atoms with Gasteiger partial charge in [0.15, 0.2) is 0 Å². The minimum atomic E-state index is -0.401. The van der Waals surface area contributed by atoms with E-state index >= 15 is 0 Å². The Morgan fingerprint density at radius 1 is 1.38 bits per heavy atom. The first-order valence-electron chi connectivity index (χ1n) is 6.58. The van der Waals surface area contributed by atoms with Gasteiger partial charge in [0, 0.05) is 12.1 Å². The van der Waals surface area contributed by atoms with Crippen LogP contribution in [-0.2, 0) is 13.6 Å². The predicted molar refractivity (Wildman–Crippen MR) is 76.9 cm³/mol. The number of rotatable bonds is 5. The summed E-state index contributed by atoms with van der Waals surface area (Å²) in [5.41, 5.74) is 0.897. The molecule has 112 valence electrons. The van der Waals surface area contributed by atoms with Crippen molar-refractivity contribution in [2.24, 2.45) is 7.05 Å². The molecule has 2 rings (SSSR count). The topological polar surface area (TPSA) is 94.0 Å². The highest BCUT2D eigenvalue weighted by Gasteiger charge is 2.09. The SMILES string of the molecule is CC(C)Oc1ccccc1CNC(=O)Nc1nnn(C)n1. The van der Waals surface area contributed by atoms with Crippen LogP contribution < -0.4 is 15.4 Å². The number of amides is 2. The van der Waals surface area contributed by atoms with Crippen molar-refractivity contribution in [1.82, 2.24) is 25.5 Å². The Morgan fingerprint density at radius 3 is 2.81 bits per heavy atom. The van der Waals surface area contributed by atoms with Crippen LogP contribution in [0.2, 0.25) is 0 Å². The molecule has 0 saturated carbocycles. The first-order chi connectivity index (χ1) is 10.0. The fourth-order valence-corrected chi connectivity index (χ4v) is 1.67. The van der Waals surface area contributed by atoms with E-state index in [-0.39, 0.29) is 12.1 Å². The van der Waals surface area contributed by atoms with Crippen LogP contribution in [0.25, 0.3) is 0 Å². The van der Waals surface area contributed by atoms with Crippen LogP contribution in [0.3, 0.4) is 0 Å². The summed E-state index contributed by atoms with van der Waals surface area (Å²) in [6.07, 6.45) is 0.0729. The maximum Gasteiger partial charge on any atom is 0.321 e. The minimum Gasteiger partial charge on any atom is -0.491 e. The molecule has 0 saturated heterocycles. The number of nitrogens with one attached hydrogen (secondary N) is 2. The number of carbonyl (C=O) groups is 1. The number of tetrazole rings is 1. The number of aryl methyl sites for hydroxylation is 1. The molecule has 0 spiro atoms. The molecule has 1 aromatic carbocycles. The Bertz CT molecular complexity index is 610. The third-order valence-corrected chi connectivity index (χ3v) is 2.51. The summed E-state index contributed by atoms with van der Waals surface area (Å²) in [7, 11) is 1.62. The highest BCUT2D eigenvalue weighted by molar-refractivity contribution is 5.87. The van der Waals surface area contributed by atoms with Gasteiger partial charge in [-0.1, -0.05) is 23.3 Å². The summed E-state index contributed by atoms with van der Waals surface area (Å²) in [5, 5.41) is 16.4. The molecule has 2 amide bonds. The molecule has 0 atom stereocenters. The van der Waals surface area contributed by atoms with Gasteiger partial charge in [0.05, 0.1) is 13.2 Å². The molecule has 8 heteroatoms. The molecule has 0 aliphatic rings. The van der Waals surface area contributed by atoms with Crippen molar-refractivity contribution < 1.29 is 9.53 Å². The molecule has 0 radical (unpaired) electrons. The number of urea groups is 1. The summed E-state index contributed by atoms with van der Waals surface area (Å²) in [6.45, 7) is 4.25. The fraction of sp³-hybridized carbons (Fsp3) is 0.385. The molecular weight excluding hydrogens is 272 g/mol. The Labute approximate surface area is 122 Å². The zero-order valence-electron chi connectivity index (χ0n) is 12.2. The predicted octanol–water partition coefficient (Wildman–Crippen LogP) is 1.32. The standard InChI is InChI=1S/C13H18N6O2/c1-9(2)21-11-7-5-4-6-10(11)8-14-13(20)15-12-16-18-19(3)17-12/h4-7,9H,8H2,1-3H3,(H2,14,15,17,20). The van der Waals surface area contributed by atoms with Crippen LogP contribution in [0.4, 0.5) is 10.7 Å². The van der Waals surface area contributed by atoms with E-state index in [1.54, 1.807) is 7.05 Å². The number of hydrogen-bond acceptors (Lipinski definition) is 5. The molecule has 0 aliphatic heterocycles. The number of hydrogen-bond donors (Lipinski definition) is 2. The molecular formula is C13H18N6O2. The molecule has 1 aromatic heterocycles. The van der Waals surface area contributed by atoms with Gasteiger partial charge in [-0.25, -0.2) is 4.79 Å². The number of nitrogens with zero attached hydrogens (tertiary/aromatic N) is 4. The third kappa shape index (κ3) is 4.44. The second kappa shape index (κ2) is 6.69. The normalized spacial score (nSPS) is 10.5. The van der Waals surface area contributed by atoms with Crippen LogP contribution in [-0.4, -0.2) is 32.3 Å². The smallest absolute Gasteiger partial charge is 0.321 e. The summed E-state index contributed by atoms with van der Waals surface area (Å²) in [5.74, 6) is 0.909. The molecule has 0 fully saturated rings. The lowest BCUT2D eigenvalue weighted by Gasteiger charge is -2.14. The van der Waals surface area contributed by atoms with Crippen LogP contribution in [0, 0.1) is 0 Å². The number of carbonyl (C=O) groups excluding carboxylic acids is 1. The van der Waals surface area contributed by atoms with E-state index in [2.05, 4.69) is 26.0 Å². The molecule has 1 heterocycles. The van der Waals surface area contributed by atoms with Crippen molar-refractivity contribution >= 4 is 12.0 Å². The average molecular weight is 290 g/mol. The second-order valence-corrected chi connectivity index (χ2v) is 4.68. The van der Waals surface area contributed by atoms with E-state index in [1.165, 1.54) is 4.80 Å². The summed E-state index contributed by atoms with van der Waals surface area (Å²) in [6, 6.07) is 7.16. The van der Waals surface area contributed by atoms with Crippen molar-refractivity contribution in [3.63, 3.8) is 0 Å². The largest absolute Gasteiger partial charge is 0.491 e.